The molecule has 4 aliphatic carbocycles. The highest BCUT2D eigenvalue weighted by Gasteiger charge is 2.49. The maximum absolute atomic E-state index is 7.01. The molecule has 352 valence electrons. The number of hydrogen-bond acceptors (Lipinski definition) is 3. The lowest BCUT2D eigenvalue weighted by atomic mass is 9.72. The third kappa shape index (κ3) is 5.06. The van der Waals surface area contributed by atoms with Crippen molar-refractivity contribution in [3.63, 3.8) is 0 Å². The van der Waals surface area contributed by atoms with Crippen molar-refractivity contribution in [1.29, 1.82) is 0 Å². The lowest BCUT2D eigenvalue weighted by Crippen LogP contribution is -2.24. The number of anilines is 3. The van der Waals surface area contributed by atoms with Gasteiger partial charge in [-0.15, -0.1) is 0 Å². The summed E-state index contributed by atoms with van der Waals surface area (Å²) in [6.45, 7) is 19.4. The van der Waals surface area contributed by atoms with E-state index < -0.39 is 0 Å². The largest absolute Gasteiger partial charge is 0.456 e. The summed E-state index contributed by atoms with van der Waals surface area (Å²) in [5, 5.41) is 7.25. The molecule has 0 spiro atoms. The van der Waals surface area contributed by atoms with Crippen LogP contribution in [0.25, 0.3) is 99.2 Å². The molecule has 73 heavy (non-hydrogen) atoms. The van der Waals surface area contributed by atoms with Gasteiger partial charge in [0.25, 0.3) is 0 Å². The summed E-state index contributed by atoms with van der Waals surface area (Å²) in [6, 6.07) is 66.0. The van der Waals surface area contributed by atoms with Gasteiger partial charge in [-0.05, 0) is 161 Å². The zero-order valence-electron chi connectivity index (χ0n) is 44.5. The highest BCUT2D eigenvalue weighted by atomic mass is 16.3. The first-order valence-corrected chi connectivity index (χ1v) is 26.1. The first kappa shape index (κ1) is 40.5. The molecule has 2 aromatic heterocycles. The molecular formula is C70H55NO2. The Morgan fingerprint density at radius 3 is 1.66 bits per heavy atom. The molecule has 0 fully saturated rings. The zero-order valence-corrected chi connectivity index (χ0v) is 42.5. The quantitative estimate of drug-likeness (QED) is 0.177. The van der Waals surface area contributed by atoms with Crippen LogP contribution in [0.3, 0.4) is 0 Å². The van der Waals surface area contributed by atoms with Gasteiger partial charge in [0.2, 0.25) is 0 Å². The van der Waals surface area contributed by atoms with E-state index in [1.165, 1.54) is 121 Å². The van der Waals surface area contributed by atoms with Gasteiger partial charge in [0.15, 0.2) is 0 Å². The van der Waals surface area contributed by atoms with Crippen molar-refractivity contribution in [2.45, 2.75) is 77.0 Å². The van der Waals surface area contributed by atoms with Crippen molar-refractivity contribution in [2.75, 3.05) is 4.90 Å². The van der Waals surface area contributed by atoms with Crippen molar-refractivity contribution in [3.8, 4) is 44.5 Å². The Balaban J connectivity index is 0.00000245. The molecule has 0 atom stereocenters. The summed E-state index contributed by atoms with van der Waals surface area (Å²) in [4.78, 5) is 2.51. The number of para-hydroxylation sites is 2. The van der Waals surface area contributed by atoms with Crippen LogP contribution in [-0.2, 0) is 21.7 Å². The van der Waals surface area contributed by atoms with E-state index in [1.54, 1.807) is 0 Å². The average Bonchev–Trinajstić information content (AvgIpc) is 4.24. The van der Waals surface area contributed by atoms with Crippen molar-refractivity contribution in [1.82, 2.24) is 0 Å². The molecule has 0 bridgehead atoms. The number of rotatable bonds is 3. The first-order chi connectivity index (χ1) is 36.2. The van der Waals surface area contributed by atoms with Gasteiger partial charge in [-0.2, -0.15) is 0 Å². The molecular weight excluding hydrogens is 887 g/mol. The van der Waals surface area contributed by atoms with Gasteiger partial charge in [-0.1, -0.05) is 165 Å². The summed E-state index contributed by atoms with van der Waals surface area (Å²) in [7, 11) is 0. The Kier molecular flexibility index (Phi) is 7.47. The molecule has 2 heterocycles. The number of furan rings is 2. The molecule has 0 amide bonds. The Morgan fingerprint density at radius 1 is 0.342 bits per heavy atom. The molecule has 3 heteroatoms. The predicted molar refractivity (Wildman–Crippen MR) is 306 cm³/mol. The van der Waals surface area contributed by atoms with Crippen LogP contribution in [0, 0.1) is 0 Å². The number of nitrogens with zero attached hydrogens (tertiary/aromatic N) is 1. The highest BCUT2D eigenvalue weighted by Crippen LogP contribution is 2.64. The Bertz CT molecular complexity index is 4520. The number of fused-ring (bicyclic) bond motifs is 23. The Hall–Kier alpha value is -8.14. The van der Waals surface area contributed by atoms with Gasteiger partial charge < -0.3 is 13.7 Å². The van der Waals surface area contributed by atoms with Gasteiger partial charge in [-0.3, -0.25) is 0 Å². The SMILES string of the molecule is CC1(C)c2cc(N(c3ccc4c(c3)C(C)(C)c3c5c(c6oc7ccccc7c6c3-4)-c3ccccc3C5(C)C)c3ccc4ccccc4c3)ccc2-c2cc3c(cc21)-c1c(ccc2oc4ccccc4c12)C3(C)C.[2H][2H]. The molecule has 0 saturated carbocycles. The second-order valence-electron chi connectivity index (χ2n) is 23.6. The fraction of sp³-hybridized carbons (Fsp3) is 0.171. The summed E-state index contributed by atoms with van der Waals surface area (Å²) in [6.07, 6.45) is 0. The predicted octanol–water partition coefficient (Wildman–Crippen LogP) is 19.6. The lowest BCUT2D eigenvalue weighted by molar-refractivity contribution is 0.600. The van der Waals surface area contributed by atoms with Crippen molar-refractivity contribution in [2.24, 2.45) is 0 Å². The third-order valence-corrected chi connectivity index (χ3v) is 18.4. The molecule has 4 aliphatic rings. The van der Waals surface area contributed by atoms with Crippen LogP contribution in [0.5, 0.6) is 0 Å². The highest BCUT2D eigenvalue weighted by molar-refractivity contribution is 6.21. The van der Waals surface area contributed by atoms with E-state index in [1.807, 2.05) is 0 Å². The summed E-state index contributed by atoms with van der Waals surface area (Å²) in [5.74, 6) is 0. The summed E-state index contributed by atoms with van der Waals surface area (Å²) >= 11 is 0. The first-order valence-electron chi connectivity index (χ1n) is 27.1. The van der Waals surface area contributed by atoms with Gasteiger partial charge in [-0.25, -0.2) is 0 Å². The lowest BCUT2D eigenvalue weighted by Gasteiger charge is -2.32. The average molecular weight is 944 g/mol. The molecule has 0 unspecified atom stereocenters. The van der Waals surface area contributed by atoms with Crippen molar-refractivity contribution >= 4 is 71.7 Å². The zero-order chi connectivity index (χ0) is 51.2. The van der Waals surface area contributed by atoms with Crippen LogP contribution in [0.2, 0.25) is 0 Å². The van der Waals surface area contributed by atoms with Crippen LogP contribution in [-0.4, -0.2) is 0 Å². The fourth-order valence-electron chi connectivity index (χ4n) is 14.8. The van der Waals surface area contributed by atoms with E-state index in [9.17, 15) is 0 Å². The minimum absolute atomic E-state index is 0.177. The number of benzene rings is 10. The van der Waals surface area contributed by atoms with Crippen LogP contribution in [0.1, 0.15) is 103 Å². The summed E-state index contributed by atoms with van der Waals surface area (Å²) in [5.41, 5.74) is 27.7. The van der Waals surface area contributed by atoms with Gasteiger partial charge >= 0.3 is 0 Å². The smallest absolute Gasteiger partial charge is 0.144 e. The molecule has 0 saturated heterocycles. The van der Waals surface area contributed by atoms with E-state index in [-0.39, 0.29) is 21.7 Å². The molecule has 16 rings (SSSR count). The molecule has 10 aromatic carbocycles. The van der Waals surface area contributed by atoms with E-state index in [0.29, 0.717) is 0 Å². The minimum Gasteiger partial charge on any atom is -0.456 e. The third-order valence-electron chi connectivity index (χ3n) is 18.4. The second kappa shape index (κ2) is 13.5. The maximum Gasteiger partial charge on any atom is 0.144 e. The molecule has 0 N–H and O–H groups in total. The fourth-order valence-corrected chi connectivity index (χ4v) is 14.8. The van der Waals surface area contributed by atoms with Crippen molar-refractivity contribution < 1.29 is 11.8 Å². The van der Waals surface area contributed by atoms with Crippen LogP contribution in [0.15, 0.2) is 185 Å². The number of hydrogen-bond donors (Lipinski definition) is 0. The van der Waals surface area contributed by atoms with Crippen molar-refractivity contribution in [3.05, 3.63) is 220 Å². The van der Waals surface area contributed by atoms with E-state index in [2.05, 4.69) is 236 Å². The topological polar surface area (TPSA) is 29.5 Å². The summed E-state index contributed by atoms with van der Waals surface area (Å²) < 4.78 is 23.5. The Labute approximate surface area is 428 Å². The van der Waals surface area contributed by atoms with E-state index >= 15 is 0 Å². The second-order valence-corrected chi connectivity index (χ2v) is 23.6. The normalized spacial score (nSPS) is 16.5. The van der Waals surface area contributed by atoms with Crippen LogP contribution >= 0.6 is 0 Å². The van der Waals surface area contributed by atoms with Crippen LogP contribution in [0.4, 0.5) is 17.1 Å². The maximum atomic E-state index is 7.01. The van der Waals surface area contributed by atoms with E-state index in [4.69, 9.17) is 11.8 Å². The minimum atomic E-state index is -0.325. The molecule has 3 nitrogen and oxygen atoms in total. The molecule has 12 aromatic rings. The Morgan fingerprint density at radius 2 is 0.877 bits per heavy atom. The standard InChI is InChI=1S/C70H53NO2.H2/c1-67(2)51-31-32-58-60(46-20-12-15-23-56(46)72-58)59(51)49-37-54-48(36-55(49)67)43-29-27-41(34-52(43)68(54,3)4)71(40-26-25-38-17-9-10-18-39(38)33-40)42-28-30-45-53(35-42)70(7,8)64-61(45)62-47-21-13-16-24-57(47)73-66(62)63-44-19-11-14-22-50(44)69(5,6)65(63)64;/h9-37H,1-8H3;1H/i;1+1D. The van der Waals surface area contributed by atoms with Gasteiger partial charge in [0.05, 0.1) is 0 Å². The van der Waals surface area contributed by atoms with Crippen LogP contribution < -0.4 is 4.90 Å². The van der Waals surface area contributed by atoms with Gasteiger partial charge in [0, 0.05) is 68.8 Å². The van der Waals surface area contributed by atoms with E-state index in [0.717, 1.165) is 39.4 Å². The molecule has 0 aliphatic heterocycles. The molecule has 0 radical (unpaired) electrons. The van der Waals surface area contributed by atoms with Gasteiger partial charge in [0.1, 0.15) is 22.3 Å². The monoisotopic (exact) mass is 943 g/mol.